The third-order valence-corrected chi connectivity index (χ3v) is 14.9. The molecule has 0 N–H and O–H groups in total. The van der Waals surface area contributed by atoms with Gasteiger partial charge in [0.25, 0.3) is 0 Å². The summed E-state index contributed by atoms with van der Waals surface area (Å²) in [5.74, 6) is 0. The Bertz CT molecular complexity index is 3060. The van der Waals surface area contributed by atoms with Gasteiger partial charge < -0.3 is 14.7 Å². The molecule has 308 valence electrons. The minimum absolute atomic E-state index is 0.190. The van der Waals surface area contributed by atoms with Gasteiger partial charge in [-0.05, 0) is 142 Å². The molecule has 0 radical (unpaired) electrons. The third-order valence-electron chi connectivity index (χ3n) is 13.8. The molecule has 9 aromatic rings. The van der Waals surface area contributed by atoms with Gasteiger partial charge in [-0.1, -0.05) is 155 Å². The molecule has 3 aliphatic heterocycles. The minimum Gasteiger partial charge on any atom is -0.310 e. The highest BCUT2D eigenvalue weighted by atomic mass is 32.2. The second-order valence-electron chi connectivity index (χ2n) is 18.2. The van der Waals surface area contributed by atoms with Gasteiger partial charge in [0.05, 0.1) is 34.1 Å². The highest BCUT2D eigenvalue weighted by molar-refractivity contribution is 7.99. The summed E-state index contributed by atoms with van der Waals surface area (Å²) in [6.07, 6.45) is 0. The van der Waals surface area contributed by atoms with Crippen LogP contribution in [0.4, 0.5) is 51.2 Å². The molecule has 3 nitrogen and oxygen atoms in total. The molecule has 0 unspecified atom stereocenters. The molecule has 9 aromatic carbocycles. The number of benzene rings is 9. The van der Waals surface area contributed by atoms with Gasteiger partial charge in [-0.3, -0.25) is 0 Å². The summed E-state index contributed by atoms with van der Waals surface area (Å²) in [4.78, 5) is 9.76. The maximum absolute atomic E-state index is 2.44. The molecule has 0 spiro atoms. The SMILES string of the molecule is CC1(C)c2ccccc2N(c2ccccc2)c2ccc(-c3ccc4c(c3)Sc3cc(-c5ccc6c(c5)C(C)(C)c5ccccc5N6c5ccccc5)ccc3N4c3ccccc3)cc21. The number of anilines is 9. The molecule has 3 aliphatic rings. The van der Waals surface area contributed by atoms with Crippen molar-refractivity contribution in [2.75, 3.05) is 14.7 Å². The Balaban J connectivity index is 0.954. The van der Waals surface area contributed by atoms with E-state index in [0.717, 1.165) is 5.69 Å². The van der Waals surface area contributed by atoms with Gasteiger partial charge >= 0.3 is 0 Å². The van der Waals surface area contributed by atoms with Crippen molar-refractivity contribution < 1.29 is 0 Å². The topological polar surface area (TPSA) is 9.72 Å². The maximum atomic E-state index is 2.44. The number of rotatable bonds is 5. The van der Waals surface area contributed by atoms with Crippen LogP contribution in [-0.4, -0.2) is 0 Å². The van der Waals surface area contributed by atoms with E-state index in [1.165, 1.54) is 99.8 Å². The molecule has 0 saturated carbocycles. The minimum atomic E-state index is -0.190. The van der Waals surface area contributed by atoms with Crippen LogP contribution in [0.25, 0.3) is 22.3 Å². The molecule has 3 heterocycles. The van der Waals surface area contributed by atoms with Gasteiger partial charge in [0.15, 0.2) is 0 Å². The predicted molar refractivity (Wildman–Crippen MR) is 270 cm³/mol. The number of para-hydroxylation sites is 5. The average molecular weight is 842 g/mol. The van der Waals surface area contributed by atoms with Crippen molar-refractivity contribution in [3.63, 3.8) is 0 Å². The molecule has 0 aliphatic carbocycles. The quantitative estimate of drug-likeness (QED) is 0.171. The number of hydrogen-bond donors (Lipinski definition) is 0. The summed E-state index contributed by atoms with van der Waals surface area (Å²) in [7, 11) is 0. The van der Waals surface area contributed by atoms with Crippen molar-refractivity contribution in [2.24, 2.45) is 0 Å². The smallest absolute Gasteiger partial charge is 0.0602 e. The highest BCUT2D eigenvalue weighted by Gasteiger charge is 2.39. The van der Waals surface area contributed by atoms with Crippen molar-refractivity contribution in [3.05, 3.63) is 235 Å². The first kappa shape index (κ1) is 38.4. The lowest BCUT2D eigenvalue weighted by molar-refractivity contribution is 0.632. The molecule has 0 atom stereocenters. The first-order valence-corrected chi connectivity index (χ1v) is 23.1. The van der Waals surface area contributed by atoms with Gasteiger partial charge in [-0.15, -0.1) is 0 Å². The molecular formula is C60H47N3S. The Kier molecular flexibility index (Phi) is 8.79. The zero-order valence-electron chi connectivity index (χ0n) is 36.5. The second kappa shape index (κ2) is 14.7. The van der Waals surface area contributed by atoms with E-state index < -0.39 is 0 Å². The first-order chi connectivity index (χ1) is 31.3. The fourth-order valence-electron chi connectivity index (χ4n) is 10.5. The Morgan fingerprint density at radius 1 is 0.281 bits per heavy atom. The molecular weight excluding hydrogens is 795 g/mol. The third kappa shape index (κ3) is 5.97. The summed E-state index contributed by atoms with van der Waals surface area (Å²) < 4.78 is 0. The van der Waals surface area contributed by atoms with Gasteiger partial charge in [0.2, 0.25) is 0 Å². The number of hydrogen-bond acceptors (Lipinski definition) is 4. The van der Waals surface area contributed by atoms with Crippen LogP contribution in [0.5, 0.6) is 0 Å². The maximum Gasteiger partial charge on any atom is 0.0602 e. The van der Waals surface area contributed by atoms with Crippen LogP contribution >= 0.6 is 11.8 Å². The zero-order valence-corrected chi connectivity index (χ0v) is 37.3. The summed E-state index contributed by atoms with van der Waals surface area (Å²) in [6.45, 7) is 9.47. The van der Waals surface area contributed by atoms with Gasteiger partial charge in [0.1, 0.15) is 0 Å². The highest BCUT2D eigenvalue weighted by Crippen LogP contribution is 2.57. The number of nitrogens with zero attached hydrogens (tertiary/aromatic N) is 3. The molecule has 0 saturated heterocycles. The fourth-order valence-corrected chi connectivity index (χ4v) is 11.6. The lowest BCUT2D eigenvalue weighted by atomic mass is 9.73. The molecule has 64 heavy (non-hydrogen) atoms. The normalized spacial score (nSPS) is 15.0. The van der Waals surface area contributed by atoms with Gasteiger partial charge in [-0.2, -0.15) is 0 Å². The van der Waals surface area contributed by atoms with Crippen LogP contribution in [-0.2, 0) is 10.8 Å². The van der Waals surface area contributed by atoms with E-state index in [4.69, 9.17) is 0 Å². The largest absolute Gasteiger partial charge is 0.310 e. The standard InChI is InChI=1S/C60H47N3S/c1-59(2)47-24-14-16-26-51(47)61(44-18-8-5-9-19-44)53-32-28-40(36-49(53)59)42-30-34-55-57(38-42)64-58-39-43(31-35-56(58)63(55)46-22-12-7-13-23-46)41-29-33-54-50(37-41)60(3,4)48-25-15-17-27-52(48)62(54)45-20-10-6-11-21-45/h5-39H,1-4H3. The molecule has 4 heteroatoms. The lowest BCUT2D eigenvalue weighted by Crippen LogP contribution is -2.30. The number of fused-ring (bicyclic) bond motifs is 6. The van der Waals surface area contributed by atoms with Crippen molar-refractivity contribution >= 4 is 62.9 Å². The first-order valence-electron chi connectivity index (χ1n) is 22.3. The van der Waals surface area contributed by atoms with E-state index in [2.05, 4.69) is 255 Å². The Morgan fingerprint density at radius 2 is 0.578 bits per heavy atom. The van der Waals surface area contributed by atoms with Crippen molar-refractivity contribution in [1.29, 1.82) is 0 Å². The van der Waals surface area contributed by atoms with Crippen LogP contribution in [0.2, 0.25) is 0 Å². The van der Waals surface area contributed by atoms with Crippen LogP contribution < -0.4 is 14.7 Å². The summed E-state index contributed by atoms with van der Waals surface area (Å²) in [5.41, 5.74) is 20.6. The molecule has 0 fully saturated rings. The Hall–Kier alpha value is -7.27. The summed E-state index contributed by atoms with van der Waals surface area (Å²) >= 11 is 1.87. The van der Waals surface area contributed by atoms with Crippen molar-refractivity contribution in [3.8, 4) is 22.3 Å². The second-order valence-corrected chi connectivity index (χ2v) is 19.3. The van der Waals surface area contributed by atoms with Crippen LogP contribution in [0.3, 0.4) is 0 Å². The molecule has 12 rings (SSSR count). The van der Waals surface area contributed by atoms with Crippen LogP contribution in [0.15, 0.2) is 222 Å². The van der Waals surface area contributed by atoms with E-state index in [1.54, 1.807) is 0 Å². The molecule has 0 aromatic heterocycles. The van der Waals surface area contributed by atoms with Crippen molar-refractivity contribution in [2.45, 2.75) is 48.3 Å². The molecule has 0 amide bonds. The lowest BCUT2D eigenvalue weighted by Gasteiger charge is -2.42. The van der Waals surface area contributed by atoms with Crippen LogP contribution in [0.1, 0.15) is 49.9 Å². The fraction of sp³-hybridized carbons (Fsp3) is 0.100. The van der Waals surface area contributed by atoms with Gasteiger partial charge in [-0.25, -0.2) is 0 Å². The van der Waals surface area contributed by atoms with E-state index >= 15 is 0 Å². The van der Waals surface area contributed by atoms with E-state index in [1.807, 2.05) is 11.8 Å². The van der Waals surface area contributed by atoms with Crippen molar-refractivity contribution in [1.82, 2.24) is 0 Å². The summed E-state index contributed by atoms with van der Waals surface area (Å²) in [6, 6.07) is 78.3. The zero-order chi connectivity index (χ0) is 43.2. The van der Waals surface area contributed by atoms with Gasteiger partial charge in [0, 0.05) is 37.7 Å². The average Bonchev–Trinajstić information content (AvgIpc) is 3.34. The van der Waals surface area contributed by atoms with E-state index in [9.17, 15) is 0 Å². The summed E-state index contributed by atoms with van der Waals surface area (Å²) in [5, 5.41) is 0. The molecule has 0 bridgehead atoms. The van der Waals surface area contributed by atoms with E-state index in [0.29, 0.717) is 0 Å². The Morgan fingerprint density at radius 3 is 0.969 bits per heavy atom. The monoisotopic (exact) mass is 841 g/mol. The predicted octanol–water partition coefficient (Wildman–Crippen LogP) is 17.2. The Labute approximate surface area is 380 Å². The van der Waals surface area contributed by atoms with E-state index in [-0.39, 0.29) is 10.8 Å². The van der Waals surface area contributed by atoms with Crippen LogP contribution in [0, 0.1) is 0 Å².